The van der Waals surface area contributed by atoms with Gasteiger partial charge in [-0.3, -0.25) is 4.79 Å². The summed E-state index contributed by atoms with van der Waals surface area (Å²) in [6.07, 6.45) is 1.84. The van der Waals surface area contributed by atoms with Crippen molar-refractivity contribution in [2.75, 3.05) is 7.11 Å². The molecule has 1 heterocycles. The maximum absolute atomic E-state index is 13.7. The highest BCUT2D eigenvalue weighted by molar-refractivity contribution is 7.09. The molecule has 0 bridgehead atoms. The van der Waals surface area contributed by atoms with Crippen LogP contribution >= 0.6 is 11.3 Å². The molecular formula is C20H16FNO4S. The van der Waals surface area contributed by atoms with Gasteiger partial charge in [-0.25, -0.2) is 14.2 Å². The number of nitrogens with zero attached hydrogens (tertiary/aromatic N) is 1. The fourth-order valence-corrected chi connectivity index (χ4v) is 3.15. The Labute approximate surface area is 159 Å². The third-order valence-electron chi connectivity index (χ3n) is 3.72. The van der Waals surface area contributed by atoms with Crippen molar-refractivity contribution >= 4 is 23.1 Å². The van der Waals surface area contributed by atoms with Crippen LogP contribution in [-0.2, 0) is 22.4 Å². The number of aromatic nitrogens is 1. The maximum Gasteiger partial charge on any atom is 0.337 e. The number of Topliss-reactive ketones (excluding diaryl/α,β-unsaturated/α-hetero) is 1. The fourth-order valence-electron chi connectivity index (χ4n) is 2.50. The number of halogens is 1. The number of thiazole rings is 1. The number of hydrogen-bond donors (Lipinski definition) is 0. The van der Waals surface area contributed by atoms with Gasteiger partial charge in [0.25, 0.3) is 0 Å². The fraction of sp³-hybridized carbons (Fsp3) is 0.150. The minimum absolute atomic E-state index is 0.0172. The molecule has 0 fully saturated rings. The molecule has 27 heavy (non-hydrogen) atoms. The zero-order valence-electron chi connectivity index (χ0n) is 14.5. The summed E-state index contributed by atoms with van der Waals surface area (Å²) >= 11 is 1.40. The second-order valence-electron chi connectivity index (χ2n) is 5.69. The van der Waals surface area contributed by atoms with E-state index in [1.165, 1.54) is 42.7 Å². The Kier molecular flexibility index (Phi) is 5.93. The van der Waals surface area contributed by atoms with Crippen molar-refractivity contribution in [1.82, 2.24) is 4.98 Å². The summed E-state index contributed by atoms with van der Waals surface area (Å²) in [5, 5.41) is 2.51. The first-order valence-electron chi connectivity index (χ1n) is 8.10. The summed E-state index contributed by atoms with van der Waals surface area (Å²) in [6.45, 7) is 0. The Balaban J connectivity index is 1.80. The third-order valence-corrected chi connectivity index (χ3v) is 4.50. The van der Waals surface area contributed by atoms with Crippen LogP contribution in [0.3, 0.4) is 0 Å². The topological polar surface area (TPSA) is 65.5 Å². The van der Waals surface area contributed by atoms with Crippen molar-refractivity contribution < 1.29 is 23.5 Å². The second-order valence-corrected chi connectivity index (χ2v) is 6.67. The predicted octanol–water partition coefficient (Wildman–Crippen LogP) is 4.22. The predicted molar refractivity (Wildman–Crippen MR) is 98.8 cm³/mol. The summed E-state index contributed by atoms with van der Waals surface area (Å²) in [5.74, 6) is -0.297. The number of ether oxygens (including phenoxy) is 2. The Hall–Kier alpha value is -3.06. The van der Waals surface area contributed by atoms with Crippen molar-refractivity contribution in [1.29, 1.82) is 0 Å². The molecule has 0 radical (unpaired) electrons. The van der Waals surface area contributed by atoms with Crippen molar-refractivity contribution in [3.05, 3.63) is 76.0 Å². The lowest BCUT2D eigenvalue weighted by atomic mass is 10.1. The molecule has 0 aliphatic rings. The molecule has 0 saturated heterocycles. The molecule has 0 aliphatic heterocycles. The van der Waals surface area contributed by atoms with Crippen LogP contribution in [0.25, 0.3) is 0 Å². The standard InChI is InChI=1S/C20H16FNO4S/c1-25-20(24)13-3-2-4-17(11-13)26-18-6-5-15(21)9-14(18)10-16(23)12-19-22-7-8-27-19/h2-9,11H,10,12H2,1H3. The maximum atomic E-state index is 13.7. The number of benzene rings is 2. The minimum Gasteiger partial charge on any atom is -0.465 e. The first-order valence-corrected chi connectivity index (χ1v) is 8.98. The first kappa shape index (κ1) is 18.7. The zero-order valence-corrected chi connectivity index (χ0v) is 15.3. The van der Waals surface area contributed by atoms with Gasteiger partial charge in [-0.1, -0.05) is 6.07 Å². The normalized spacial score (nSPS) is 10.4. The Morgan fingerprint density at radius 2 is 2.00 bits per heavy atom. The van der Waals surface area contributed by atoms with E-state index in [-0.39, 0.29) is 18.6 Å². The SMILES string of the molecule is COC(=O)c1cccc(Oc2ccc(F)cc2CC(=O)Cc2nccs2)c1. The number of esters is 1. The molecule has 0 aliphatic carbocycles. The number of carbonyl (C=O) groups excluding carboxylic acids is 2. The van der Waals surface area contributed by atoms with Crippen molar-refractivity contribution in [3.8, 4) is 11.5 Å². The van der Waals surface area contributed by atoms with Gasteiger partial charge in [0, 0.05) is 23.6 Å². The van der Waals surface area contributed by atoms with Gasteiger partial charge in [-0.05, 0) is 36.4 Å². The molecule has 7 heteroatoms. The lowest BCUT2D eigenvalue weighted by molar-refractivity contribution is -0.117. The highest BCUT2D eigenvalue weighted by Crippen LogP contribution is 2.28. The van der Waals surface area contributed by atoms with Crippen molar-refractivity contribution in [2.24, 2.45) is 0 Å². The highest BCUT2D eigenvalue weighted by Gasteiger charge is 2.14. The highest BCUT2D eigenvalue weighted by atomic mass is 32.1. The van der Waals surface area contributed by atoms with E-state index < -0.39 is 11.8 Å². The summed E-state index contributed by atoms with van der Waals surface area (Å²) in [7, 11) is 1.29. The first-order chi connectivity index (χ1) is 13.0. The molecule has 0 N–H and O–H groups in total. The van der Waals surface area contributed by atoms with Gasteiger partial charge in [-0.15, -0.1) is 11.3 Å². The van der Waals surface area contributed by atoms with Crippen LogP contribution in [0.15, 0.2) is 54.0 Å². The molecule has 0 atom stereocenters. The minimum atomic E-state index is -0.488. The monoisotopic (exact) mass is 385 g/mol. The molecule has 0 saturated carbocycles. The molecule has 0 amide bonds. The summed E-state index contributed by atoms with van der Waals surface area (Å²) in [4.78, 5) is 28.0. The van der Waals surface area contributed by atoms with Gasteiger partial charge < -0.3 is 9.47 Å². The average Bonchev–Trinajstić information content (AvgIpc) is 3.16. The van der Waals surface area contributed by atoms with Gasteiger partial charge in [0.1, 0.15) is 23.1 Å². The van der Waals surface area contributed by atoms with Crippen LogP contribution in [-0.4, -0.2) is 23.8 Å². The van der Waals surface area contributed by atoms with Crippen LogP contribution < -0.4 is 4.74 Å². The lowest BCUT2D eigenvalue weighted by Crippen LogP contribution is -2.08. The van der Waals surface area contributed by atoms with E-state index in [1.54, 1.807) is 29.8 Å². The average molecular weight is 385 g/mol. The zero-order chi connectivity index (χ0) is 19.2. The molecule has 2 aromatic carbocycles. The van der Waals surface area contributed by atoms with E-state index in [1.807, 2.05) is 0 Å². The van der Waals surface area contributed by atoms with Crippen molar-refractivity contribution in [3.63, 3.8) is 0 Å². The summed E-state index contributed by atoms with van der Waals surface area (Å²) in [6, 6.07) is 10.4. The van der Waals surface area contributed by atoms with E-state index in [2.05, 4.69) is 9.72 Å². The molecule has 138 valence electrons. The second kappa shape index (κ2) is 8.55. The third kappa shape index (κ3) is 4.98. The molecular weight excluding hydrogens is 369 g/mol. The number of ketones is 1. The van der Waals surface area contributed by atoms with Gasteiger partial charge in [0.05, 0.1) is 24.1 Å². The Morgan fingerprint density at radius 1 is 1.15 bits per heavy atom. The molecule has 0 unspecified atom stereocenters. The number of hydrogen-bond acceptors (Lipinski definition) is 6. The van der Waals surface area contributed by atoms with Crippen LogP contribution in [0, 0.1) is 5.82 Å². The smallest absolute Gasteiger partial charge is 0.337 e. The molecule has 1 aromatic heterocycles. The van der Waals surface area contributed by atoms with Gasteiger partial charge in [0.15, 0.2) is 0 Å². The molecule has 3 rings (SSSR count). The van der Waals surface area contributed by atoms with Crippen LogP contribution in [0.1, 0.15) is 20.9 Å². The van der Waals surface area contributed by atoms with Crippen LogP contribution in [0.4, 0.5) is 4.39 Å². The number of methoxy groups -OCH3 is 1. The largest absolute Gasteiger partial charge is 0.465 e. The van der Waals surface area contributed by atoms with E-state index in [4.69, 9.17) is 4.74 Å². The molecule has 3 aromatic rings. The van der Waals surface area contributed by atoms with E-state index >= 15 is 0 Å². The van der Waals surface area contributed by atoms with Gasteiger partial charge in [-0.2, -0.15) is 0 Å². The van der Waals surface area contributed by atoms with Gasteiger partial charge >= 0.3 is 5.97 Å². The Morgan fingerprint density at radius 3 is 2.74 bits per heavy atom. The number of rotatable bonds is 7. The van der Waals surface area contributed by atoms with E-state index in [9.17, 15) is 14.0 Å². The molecule has 5 nitrogen and oxygen atoms in total. The van der Waals surface area contributed by atoms with E-state index in [0.717, 1.165) is 0 Å². The Bertz CT molecular complexity index is 956. The van der Waals surface area contributed by atoms with Gasteiger partial charge in [0.2, 0.25) is 0 Å². The lowest BCUT2D eigenvalue weighted by Gasteiger charge is -2.12. The van der Waals surface area contributed by atoms with Crippen LogP contribution in [0.2, 0.25) is 0 Å². The molecule has 0 spiro atoms. The number of carbonyl (C=O) groups is 2. The van der Waals surface area contributed by atoms with Crippen molar-refractivity contribution in [2.45, 2.75) is 12.8 Å². The summed E-state index contributed by atoms with van der Waals surface area (Å²) in [5.41, 5.74) is 0.763. The quantitative estimate of drug-likeness (QED) is 0.570. The van der Waals surface area contributed by atoms with E-state index in [0.29, 0.717) is 27.6 Å². The van der Waals surface area contributed by atoms with Crippen LogP contribution in [0.5, 0.6) is 11.5 Å². The summed E-state index contributed by atoms with van der Waals surface area (Å²) < 4.78 is 24.2.